The van der Waals surface area contributed by atoms with Crippen molar-refractivity contribution < 1.29 is 15.1 Å². The summed E-state index contributed by atoms with van der Waals surface area (Å²) in [6.07, 6.45) is 0. The minimum atomic E-state index is -0.307. The Morgan fingerprint density at radius 3 is 2.54 bits per heavy atom. The van der Waals surface area contributed by atoms with Crippen LogP contribution in [0.4, 0.5) is 0 Å². The first-order valence-electron chi connectivity index (χ1n) is 8.28. The second-order valence-corrected chi connectivity index (χ2v) is 6.27. The van der Waals surface area contributed by atoms with Gasteiger partial charge in [0.1, 0.15) is 5.82 Å². The summed E-state index contributed by atoms with van der Waals surface area (Å²) in [7, 11) is 0. The fraction of sp³-hybridized carbons (Fsp3) is 0.158. The van der Waals surface area contributed by atoms with E-state index in [0.29, 0.717) is 33.5 Å². The van der Waals surface area contributed by atoms with Crippen molar-refractivity contribution in [2.75, 3.05) is 6.54 Å². The molecule has 8 nitrogen and oxygen atoms in total. The number of benzene rings is 2. The number of nitrogens with one attached hydrogen (secondary N) is 1. The van der Waals surface area contributed by atoms with E-state index in [1.807, 2.05) is 6.07 Å². The molecule has 0 aliphatic carbocycles. The van der Waals surface area contributed by atoms with Gasteiger partial charge < -0.3 is 16.5 Å². The molecule has 0 unspecified atom stereocenters. The molecule has 0 aliphatic rings. The van der Waals surface area contributed by atoms with Crippen LogP contribution in [0.2, 0.25) is 5.02 Å². The molecule has 0 atom stereocenters. The molecular formula is C19H20ClN5O3. The molecule has 0 fully saturated rings. The van der Waals surface area contributed by atoms with E-state index in [0.717, 1.165) is 0 Å². The van der Waals surface area contributed by atoms with Crippen molar-refractivity contribution in [3.63, 3.8) is 0 Å². The van der Waals surface area contributed by atoms with E-state index in [1.54, 1.807) is 54.0 Å². The number of carbonyl (C=O) groups is 2. The van der Waals surface area contributed by atoms with Crippen LogP contribution in [0.3, 0.4) is 0 Å². The standard InChI is InChI=1S/C19H18ClN5O2.H2O/c1-12-23-24-17(11-22-18(26)10-21)25(12)16-8-7-14(20)9-15(16)19(27)13-5-3-2-4-6-13;/h2-9H,10-11,21H2,1H3,(H,22,26);1H2. The molecule has 28 heavy (non-hydrogen) atoms. The molecule has 146 valence electrons. The summed E-state index contributed by atoms with van der Waals surface area (Å²) >= 11 is 6.15. The quantitative estimate of drug-likeness (QED) is 0.598. The average Bonchev–Trinajstić information content (AvgIpc) is 3.06. The van der Waals surface area contributed by atoms with Crippen molar-refractivity contribution in [1.29, 1.82) is 0 Å². The van der Waals surface area contributed by atoms with Crippen LogP contribution >= 0.6 is 11.6 Å². The molecule has 5 N–H and O–H groups in total. The Morgan fingerprint density at radius 2 is 1.86 bits per heavy atom. The smallest absolute Gasteiger partial charge is 0.234 e. The van der Waals surface area contributed by atoms with E-state index < -0.39 is 0 Å². The van der Waals surface area contributed by atoms with E-state index in [9.17, 15) is 9.59 Å². The minimum Gasteiger partial charge on any atom is -0.412 e. The Kier molecular flexibility index (Phi) is 7.00. The van der Waals surface area contributed by atoms with E-state index in [-0.39, 0.29) is 30.3 Å². The Bertz CT molecular complexity index is 988. The summed E-state index contributed by atoms with van der Waals surface area (Å²) in [6.45, 7) is 1.79. The summed E-state index contributed by atoms with van der Waals surface area (Å²) < 4.78 is 1.73. The second kappa shape index (κ2) is 9.23. The van der Waals surface area contributed by atoms with Gasteiger partial charge in [0.2, 0.25) is 5.91 Å². The van der Waals surface area contributed by atoms with Gasteiger partial charge in [-0.1, -0.05) is 41.9 Å². The van der Waals surface area contributed by atoms with Gasteiger partial charge in [-0.2, -0.15) is 0 Å². The second-order valence-electron chi connectivity index (χ2n) is 5.84. The molecule has 0 bridgehead atoms. The normalized spacial score (nSPS) is 10.2. The van der Waals surface area contributed by atoms with Crippen LogP contribution < -0.4 is 11.1 Å². The van der Waals surface area contributed by atoms with Gasteiger partial charge in [0, 0.05) is 16.1 Å². The molecule has 0 spiro atoms. The van der Waals surface area contributed by atoms with Crippen LogP contribution in [0.15, 0.2) is 48.5 Å². The van der Waals surface area contributed by atoms with Crippen LogP contribution in [0, 0.1) is 6.92 Å². The molecule has 0 saturated heterocycles. The van der Waals surface area contributed by atoms with E-state index in [1.165, 1.54) is 0 Å². The first-order valence-corrected chi connectivity index (χ1v) is 8.66. The number of halogens is 1. The highest BCUT2D eigenvalue weighted by atomic mass is 35.5. The largest absolute Gasteiger partial charge is 0.412 e. The number of hydrogen-bond acceptors (Lipinski definition) is 5. The van der Waals surface area contributed by atoms with Crippen molar-refractivity contribution in [3.05, 3.63) is 76.3 Å². The molecule has 0 aliphatic heterocycles. The highest BCUT2D eigenvalue weighted by Gasteiger charge is 2.20. The first kappa shape index (κ1) is 21.2. The molecule has 0 radical (unpaired) electrons. The number of nitrogens with two attached hydrogens (primary N) is 1. The molecule has 0 saturated carbocycles. The zero-order valence-corrected chi connectivity index (χ0v) is 15.9. The van der Waals surface area contributed by atoms with Crippen molar-refractivity contribution in [2.45, 2.75) is 13.5 Å². The number of carbonyl (C=O) groups excluding carboxylic acids is 2. The Labute approximate surface area is 166 Å². The van der Waals surface area contributed by atoms with Gasteiger partial charge in [0.15, 0.2) is 11.6 Å². The number of rotatable bonds is 6. The van der Waals surface area contributed by atoms with Crippen LogP contribution in [0.1, 0.15) is 27.6 Å². The molecule has 2 aromatic carbocycles. The van der Waals surface area contributed by atoms with Gasteiger partial charge >= 0.3 is 0 Å². The molecule has 3 rings (SSSR count). The van der Waals surface area contributed by atoms with Crippen molar-refractivity contribution >= 4 is 23.3 Å². The van der Waals surface area contributed by atoms with Gasteiger partial charge in [0.05, 0.1) is 18.8 Å². The molecule has 1 amide bonds. The highest BCUT2D eigenvalue weighted by Crippen LogP contribution is 2.24. The monoisotopic (exact) mass is 401 g/mol. The van der Waals surface area contributed by atoms with E-state index >= 15 is 0 Å². The van der Waals surface area contributed by atoms with Crippen molar-refractivity contribution in [2.24, 2.45) is 5.73 Å². The van der Waals surface area contributed by atoms with Crippen LogP contribution in [0.5, 0.6) is 0 Å². The third-order valence-corrected chi connectivity index (χ3v) is 4.24. The van der Waals surface area contributed by atoms with E-state index in [4.69, 9.17) is 17.3 Å². The van der Waals surface area contributed by atoms with Crippen molar-refractivity contribution in [1.82, 2.24) is 20.1 Å². The lowest BCUT2D eigenvalue weighted by molar-refractivity contribution is -0.119. The number of ketones is 1. The number of hydrogen-bond donors (Lipinski definition) is 2. The van der Waals surface area contributed by atoms with Crippen LogP contribution in [-0.4, -0.2) is 38.5 Å². The number of amides is 1. The predicted octanol–water partition coefficient (Wildman–Crippen LogP) is 1.21. The molecule has 1 aromatic heterocycles. The maximum atomic E-state index is 13.1. The SMILES string of the molecule is Cc1nnc(CNC(=O)CN)n1-c1ccc(Cl)cc1C(=O)c1ccccc1.O. The predicted molar refractivity (Wildman–Crippen MR) is 105 cm³/mol. The number of nitrogens with zero attached hydrogens (tertiary/aromatic N) is 3. The van der Waals surface area contributed by atoms with Gasteiger partial charge in [-0.05, 0) is 25.1 Å². The highest BCUT2D eigenvalue weighted by molar-refractivity contribution is 6.31. The topological polar surface area (TPSA) is 134 Å². The van der Waals surface area contributed by atoms with Gasteiger partial charge in [-0.15, -0.1) is 10.2 Å². The average molecular weight is 402 g/mol. The summed E-state index contributed by atoms with van der Waals surface area (Å²) in [6, 6.07) is 14.0. The Balaban J connectivity index is 0.00000280. The number of aryl methyl sites for hydroxylation is 1. The summed E-state index contributed by atoms with van der Waals surface area (Å²) in [5, 5.41) is 11.3. The maximum absolute atomic E-state index is 13.1. The van der Waals surface area contributed by atoms with Crippen molar-refractivity contribution in [3.8, 4) is 5.69 Å². The third kappa shape index (κ3) is 4.42. The molecule has 1 heterocycles. The number of aromatic nitrogens is 3. The van der Waals surface area contributed by atoms with Gasteiger partial charge in [-0.3, -0.25) is 14.2 Å². The van der Waals surface area contributed by atoms with Crippen LogP contribution in [0.25, 0.3) is 5.69 Å². The molecule has 9 heteroatoms. The third-order valence-electron chi connectivity index (χ3n) is 4.00. The Hall–Kier alpha value is -3.07. The lowest BCUT2D eigenvalue weighted by Gasteiger charge is -2.14. The molecular weight excluding hydrogens is 382 g/mol. The lowest BCUT2D eigenvalue weighted by Crippen LogP contribution is -2.30. The van der Waals surface area contributed by atoms with Crippen LogP contribution in [-0.2, 0) is 11.3 Å². The zero-order chi connectivity index (χ0) is 19.4. The fourth-order valence-electron chi connectivity index (χ4n) is 2.71. The summed E-state index contributed by atoms with van der Waals surface area (Å²) in [4.78, 5) is 24.5. The zero-order valence-electron chi connectivity index (χ0n) is 15.1. The summed E-state index contributed by atoms with van der Waals surface area (Å²) in [5.74, 6) is 0.590. The maximum Gasteiger partial charge on any atom is 0.234 e. The Morgan fingerprint density at radius 1 is 1.14 bits per heavy atom. The fourth-order valence-corrected chi connectivity index (χ4v) is 2.89. The van der Waals surface area contributed by atoms with Gasteiger partial charge in [-0.25, -0.2) is 0 Å². The lowest BCUT2D eigenvalue weighted by atomic mass is 10.0. The van der Waals surface area contributed by atoms with Gasteiger partial charge in [0.25, 0.3) is 0 Å². The minimum absolute atomic E-state index is 0. The first-order chi connectivity index (χ1) is 13.0. The summed E-state index contributed by atoms with van der Waals surface area (Å²) in [5.41, 5.74) is 6.88. The van der Waals surface area contributed by atoms with E-state index in [2.05, 4.69) is 15.5 Å². The molecule has 3 aromatic rings.